The number of hydrogen-bond acceptors (Lipinski definition) is 5. The van der Waals surface area contributed by atoms with Crippen LogP contribution in [0.4, 0.5) is 11.4 Å². The maximum atomic E-state index is 13.5. The van der Waals surface area contributed by atoms with E-state index in [4.69, 9.17) is 11.6 Å². The molecule has 6 nitrogen and oxygen atoms in total. The first-order valence-electron chi connectivity index (χ1n) is 11.7. The Kier molecular flexibility index (Phi) is 8.44. The van der Waals surface area contributed by atoms with Crippen LogP contribution in [0, 0.1) is 24.2 Å². The maximum absolute atomic E-state index is 13.5. The Morgan fingerprint density at radius 1 is 0.973 bits per heavy atom. The number of aliphatic imine (C=N–C) groups is 1. The lowest BCUT2D eigenvalue weighted by Gasteiger charge is -2.30. The van der Waals surface area contributed by atoms with Crippen LogP contribution in [0.15, 0.2) is 95.1 Å². The molecule has 2 amide bonds. The predicted octanol–water partition coefficient (Wildman–Crippen LogP) is 6.57. The molecule has 3 aromatic carbocycles. The van der Waals surface area contributed by atoms with Gasteiger partial charge in [0, 0.05) is 33.6 Å². The third-order valence-electron chi connectivity index (χ3n) is 5.99. The van der Waals surface area contributed by atoms with Gasteiger partial charge in [-0.25, -0.2) is 4.99 Å². The highest BCUT2D eigenvalue weighted by Crippen LogP contribution is 2.41. The summed E-state index contributed by atoms with van der Waals surface area (Å²) in [6.07, 6.45) is 0. The van der Waals surface area contributed by atoms with Gasteiger partial charge < -0.3 is 10.6 Å². The first kappa shape index (κ1) is 26.2. The Bertz CT molecular complexity index is 1410. The molecule has 0 saturated carbocycles. The highest BCUT2D eigenvalue weighted by atomic mass is 35.5. The molecule has 2 atom stereocenters. The largest absolute Gasteiger partial charge is 0.325 e. The first-order valence-corrected chi connectivity index (χ1v) is 13.0. The number of amides is 2. The molecule has 0 spiro atoms. The summed E-state index contributed by atoms with van der Waals surface area (Å²) < 4.78 is 0. The van der Waals surface area contributed by atoms with Crippen molar-refractivity contribution < 1.29 is 9.59 Å². The maximum Gasteiger partial charge on any atom is 0.254 e. The van der Waals surface area contributed by atoms with Crippen molar-refractivity contribution in [3.05, 3.63) is 106 Å². The molecule has 4 rings (SSSR count). The van der Waals surface area contributed by atoms with Crippen LogP contribution in [0.2, 0.25) is 5.02 Å². The fourth-order valence-corrected chi connectivity index (χ4v) is 5.22. The average Bonchev–Trinajstić information content (AvgIpc) is 2.90. The minimum Gasteiger partial charge on any atom is -0.325 e. The molecule has 1 aliphatic rings. The van der Waals surface area contributed by atoms with Gasteiger partial charge in [-0.05, 0) is 55.3 Å². The summed E-state index contributed by atoms with van der Waals surface area (Å²) in [4.78, 5) is 30.8. The highest BCUT2D eigenvalue weighted by molar-refractivity contribution is 8.14. The van der Waals surface area contributed by atoms with Crippen molar-refractivity contribution in [2.24, 2.45) is 10.9 Å². The molecule has 2 N–H and O–H groups in total. The molecule has 0 aliphatic carbocycles. The number of carbonyl (C=O) groups is 2. The number of nitrogens with zero attached hydrogens (tertiary/aromatic N) is 2. The molecular formula is C29H25ClN4O2S. The van der Waals surface area contributed by atoms with E-state index in [0.29, 0.717) is 27.0 Å². The molecule has 0 radical (unpaired) electrons. The summed E-state index contributed by atoms with van der Waals surface area (Å²) in [5, 5.41) is 17.1. The number of allylic oxidation sites excluding steroid dienone is 1. The first-order chi connectivity index (χ1) is 17.9. The zero-order valence-corrected chi connectivity index (χ0v) is 21.9. The molecule has 8 heteroatoms. The number of aryl methyl sites for hydroxylation is 1. The predicted molar refractivity (Wildman–Crippen MR) is 151 cm³/mol. The van der Waals surface area contributed by atoms with Gasteiger partial charge in [0.25, 0.3) is 5.91 Å². The standard InChI is InChI=1S/C29H25ClN4O2S/c1-18-8-6-7-11-24(18)34-25(35)17-37-29-23(16-31)27(20-9-4-3-5-10-20)26(19(2)32-29)28(36)33-22-14-12-21(30)13-15-22/h3-15,23,27H,17H2,1-2H3,(H,33,36)(H,34,35). The van der Waals surface area contributed by atoms with Gasteiger partial charge in [0.1, 0.15) is 5.92 Å². The summed E-state index contributed by atoms with van der Waals surface area (Å²) in [6.45, 7) is 3.68. The zero-order chi connectivity index (χ0) is 26.4. The van der Waals surface area contributed by atoms with Crippen molar-refractivity contribution in [3.63, 3.8) is 0 Å². The molecule has 186 valence electrons. The van der Waals surface area contributed by atoms with E-state index in [-0.39, 0.29) is 17.6 Å². The number of anilines is 2. The minimum absolute atomic E-state index is 0.0897. The van der Waals surface area contributed by atoms with Crippen LogP contribution in [0.25, 0.3) is 0 Å². The second-order valence-electron chi connectivity index (χ2n) is 8.56. The van der Waals surface area contributed by atoms with Crippen LogP contribution in [0.5, 0.6) is 0 Å². The van der Waals surface area contributed by atoms with Gasteiger partial charge in [-0.3, -0.25) is 9.59 Å². The van der Waals surface area contributed by atoms with Crippen LogP contribution in [-0.2, 0) is 9.59 Å². The second kappa shape index (κ2) is 11.9. The van der Waals surface area contributed by atoms with Gasteiger partial charge in [-0.2, -0.15) is 5.26 Å². The molecule has 0 bridgehead atoms. The van der Waals surface area contributed by atoms with Crippen LogP contribution in [-0.4, -0.2) is 22.6 Å². The van der Waals surface area contributed by atoms with Crippen molar-refractivity contribution in [1.82, 2.24) is 0 Å². The lowest BCUT2D eigenvalue weighted by Crippen LogP contribution is -2.31. The molecular weight excluding hydrogens is 504 g/mol. The zero-order valence-electron chi connectivity index (χ0n) is 20.4. The fourth-order valence-electron chi connectivity index (χ4n) is 4.18. The molecule has 1 aliphatic heterocycles. The molecule has 2 unspecified atom stereocenters. The lowest BCUT2D eigenvalue weighted by molar-refractivity contribution is -0.114. The van der Waals surface area contributed by atoms with Crippen LogP contribution in [0.1, 0.15) is 24.0 Å². The van der Waals surface area contributed by atoms with Crippen molar-refractivity contribution in [3.8, 4) is 6.07 Å². The topological polar surface area (TPSA) is 94.4 Å². The van der Waals surface area contributed by atoms with Crippen molar-refractivity contribution in [2.75, 3.05) is 16.4 Å². The fraction of sp³-hybridized carbons (Fsp3) is 0.172. The number of nitriles is 1. The molecule has 0 fully saturated rings. The number of para-hydroxylation sites is 1. The summed E-state index contributed by atoms with van der Waals surface area (Å²) in [5.41, 5.74) is 4.05. The second-order valence-corrected chi connectivity index (χ2v) is 9.99. The van der Waals surface area contributed by atoms with Gasteiger partial charge in [-0.1, -0.05) is 71.9 Å². The third kappa shape index (κ3) is 6.29. The smallest absolute Gasteiger partial charge is 0.254 e. The van der Waals surface area contributed by atoms with Gasteiger partial charge in [0.15, 0.2) is 0 Å². The van der Waals surface area contributed by atoms with Gasteiger partial charge >= 0.3 is 0 Å². The van der Waals surface area contributed by atoms with E-state index in [0.717, 1.165) is 16.8 Å². The number of benzene rings is 3. The van der Waals surface area contributed by atoms with E-state index in [1.165, 1.54) is 11.8 Å². The quantitative estimate of drug-likeness (QED) is 0.378. The normalized spacial score (nSPS) is 17.0. The van der Waals surface area contributed by atoms with E-state index in [1.54, 1.807) is 31.2 Å². The monoisotopic (exact) mass is 528 g/mol. The number of rotatable bonds is 6. The van der Waals surface area contributed by atoms with Gasteiger partial charge in [0.05, 0.1) is 16.9 Å². The molecule has 0 saturated heterocycles. The Hall–Kier alpha value is -3.86. The Balaban J connectivity index is 1.62. The van der Waals surface area contributed by atoms with E-state index in [9.17, 15) is 14.9 Å². The summed E-state index contributed by atoms with van der Waals surface area (Å²) in [5.74, 6) is -1.71. The van der Waals surface area contributed by atoms with Crippen molar-refractivity contribution in [1.29, 1.82) is 5.26 Å². The highest BCUT2D eigenvalue weighted by Gasteiger charge is 2.39. The van der Waals surface area contributed by atoms with Gasteiger partial charge in [0.2, 0.25) is 5.91 Å². The molecule has 37 heavy (non-hydrogen) atoms. The number of carbonyl (C=O) groups excluding carboxylic acids is 2. The molecule has 1 heterocycles. The summed E-state index contributed by atoms with van der Waals surface area (Å²) >= 11 is 7.20. The van der Waals surface area contributed by atoms with E-state index < -0.39 is 11.8 Å². The lowest BCUT2D eigenvalue weighted by atomic mass is 9.78. The average molecular weight is 529 g/mol. The van der Waals surface area contributed by atoms with E-state index in [2.05, 4.69) is 21.7 Å². The Morgan fingerprint density at radius 3 is 2.32 bits per heavy atom. The van der Waals surface area contributed by atoms with Crippen molar-refractivity contribution >= 4 is 51.6 Å². The number of thioether (sulfide) groups is 1. The Morgan fingerprint density at radius 2 is 1.65 bits per heavy atom. The van der Waals surface area contributed by atoms with Crippen LogP contribution >= 0.6 is 23.4 Å². The number of nitrogens with one attached hydrogen (secondary N) is 2. The van der Waals surface area contributed by atoms with Crippen molar-refractivity contribution in [2.45, 2.75) is 19.8 Å². The Labute approximate surface area is 225 Å². The van der Waals surface area contributed by atoms with Crippen LogP contribution < -0.4 is 10.6 Å². The SMILES string of the molecule is CC1=C(C(=O)Nc2ccc(Cl)cc2)C(c2ccccc2)C(C#N)C(SCC(=O)Nc2ccccc2C)=N1. The molecule has 0 aromatic heterocycles. The third-order valence-corrected chi connectivity index (χ3v) is 7.29. The number of halogens is 1. The van der Waals surface area contributed by atoms with E-state index >= 15 is 0 Å². The summed E-state index contributed by atoms with van der Waals surface area (Å²) in [6, 6.07) is 26.2. The minimum atomic E-state index is -0.728. The van der Waals surface area contributed by atoms with Crippen LogP contribution in [0.3, 0.4) is 0 Å². The summed E-state index contributed by atoms with van der Waals surface area (Å²) in [7, 11) is 0. The number of hydrogen-bond donors (Lipinski definition) is 2. The molecule has 3 aromatic rings. The van der Waals surface area contributed by atoms with E-state index in [1.807, 2.05) is 61.5 Å². The van der Waals surface area contributed by atoms with Gasteiger partial charge in [-0.15, -0.1) is 0 Å².